The molecule has 1 aromatic rings. The second-order valence-electron chi connectivity index (χ2n) is 3.80. The fraction of sp³-hybridized carbons (Fsp3) is 0.600. The quantitative estimate of drug-likeness (QED) is 0.585. The highest BCUT2D eigenvalue weighted by Gasteiger charge is 2.26. The largest absolute Gasteiger partial charge is 0.241 e. The summed E-state index contributed by atoms with van der Waals surface area (Å²) in [4.78, 5) is 8.70. The molecule has 2 heteroatoms. The molecule has 0 N–H and O–H groups in total. The molecular weight excluding hydrogens is 148 g/mol. The summed E-state index contributed by atoms with van der Waals surface area (Å²) in [6.45, 7) is 6.45. The molecule has 2 nitrogen and oxygen atoms in total. The van der Waals surface area contributed by atoms with Crippen LogP contribution in [0, 0.1) is 6.92 Å². The van der Waals surface area contributed by atoms with Crippen LogP contribution in [-0.2, 0) is 0 Å². The number of aryl methyl sites for hydroxylation is 1. The molecule has 2 unspecified atom stereocenters. The van der Waals surface area contributed by atoms with Crippen LogP contribution in [0.15, 0.2) is 6.20 Å². The molecule has 0 saturated heterocycles. The minimum Gasteiger partial charge on any atom is -0.241 e. The third kappa shape index (κ3) is 1.02. The van der Waals surface area contributed by atoms with Gasteiger partial charge in [0.2, 0.25) is 0 Å². The van der Waals surface area contributed by atoms with E-state index in [0.29, 0.717) is 11.8 Å². The number of fused-ring (bicyclic) bond motifs is 1. The lowest BCUT2D eigenvalue weighted by Crippen LogP contribution is -1.96. The number of hydrogen-bond acceptors (Lipinski definition) is 2. The van der Waals surface area contributed by atoms with Gasteiger partial charge in [-0.15, -0.1) is 0 Å². The molecule has 64 valence electrons. The van der Waals surface area contributed by atoms with Gasteiger partial charge in [-0.1, -0.05) is 13.8 Å². The van der Waals surface area contributed by atoms with Gasteiger partial charge in [-0.25, -0.2) is 9.97 Å². The van der Waals surface area contributed by atoms with E-state index in [1.807, 2.05) is 13.1 Å². The molecule has 1 aliphatic rings. The Hall–Kier alpha value is -0.920. The SMILES string of the molecule is Cc1ncc2c(n1)C(C)CC2C. The third-order valence-electron chi connectivity index (χ3n) is 2.67. The van der Waals surface area contributed by atoms with Gasteiger partial charge >= 0.3 is 0 Å². The summed E-state index contributed by atoms with van der Waals surface area (Å²) < 4.78 is 0. The van der Waals surface area contributed by atoms with E-state index in [1.165, 1.54) is 17.7 Å². The van der Waals surface area contributed by atoms with Crippen molar-refractivity contribution >= 4 is 0 Å². The lowest BCUT2D eigenvalue weighted by Gasteiger charge is -2.02. The van der Waals surface area contributed by atoms with Gasteiger partial charge in [0.25, 0.3) is 0 Å². The molecule has 1 aromatic heterocycles. The first kappa shape index (κ1) is 7.71. The van der Waals surface area contributed by atoms with E-state index in [9.17, 15) is 0 Å². The molecular formula is C10H14N2. The maximum atomic E-state index is 4.47. The molecule has 1 aliphatic carbocycles. The van der Waals surface area contributed by atoms with Crippen LogP contribution in [0.4, 0.5) is 0 Å². The highest BCUT2D eigenvalue weighted by molar-refractivity contribution is 5.30. The van der Waals surface area contributed by atoms with Crippen LogP contribution in [0.1, 0.15) is 49.2 Å². The Labute approximate surface area is 73.1 Å². The van der Waals surface area contributed by atoms with Crippen LogP contribution in [0.2, 0.25) is 0 Å². The predicted molar refractivity (Wildman–Crippen MR) is 48.2 cm³/mol. The maximum Gasteiger partial charge on any atom is 0.125 e. The summed E-state index contributed by atoms with van der Waals surface area (Å²) in [5, 5.41) is 0. The third-order valence-corrected chi connectivity index (χ3v) is 2.67. The fourth-order valence-electron chi connectivity index (χ4n) is 2.04. The Morgan fingerprint density at radius 1 is 1.33 bits per heavy atom. The molecule has 12 heavy (non-hydrogen) atoms. The first-order chi connectivity index (χ1) is 5.68. The first-order valence-corrected chi connectivity index (χ1v) is 4.52. The van der Waals surface area contributed by atoms with Crippen molar-refractivity contribution in [2.24, 2.45) is 0 Å². The monoisotopic (exact) mass is 162 g/mol. The molecule has 0 aromatic carbocycles. The predicted octanol–water partition coefficient (Wildman–Crippen LogP) is 2.40. The lowest BCUT2D eigenvalue weighted by atomic mass is 10.1. The zero-order valence-corrected chi connectivity index (χ0v) is 7.83. The Kier molecular flexibility index (Phi) is 1.63. The Bertz CT molecular complexity index is 307. The van der Waals surface area contributed by atoms with Crippen molar-refractivity contribution in [3.8, 4) is 0 Å². The zero-order chi connectivity index (χ0) is 8.72. The van der Waals surface area contributed by atoms with Gasteiger partial charge in [-0.05, 0) is 30.7 Å². The topological polar surface area (TPSA) is 25.8 Å². The van der Waals surface area contributed by atoms with Crippen LogP contribution in [0.3, 0.4) is 0 Å². The molecule has 2 rings (SSSR count). The molecule has 0 radical (unpaired) electrons. The second kappa shape index (κ2) is 2.54. The van der Waals surface area contributed by atoms with Gasteiger partial charge in [0.1, 0.15) is 5.82 Å². The molecule has 0 bridgehead atoms. The van der Waals surface area contributed by atoms with Crippen LogP contribution < -0.4 is 0 Å². The van der Waals surface area contributed by atoms with E-state index in [0.717, 1.165) is 5.82 Å². The van der Waals surface area contributed by atoms with Gasteiger partial charge in [0.15, 0.2) is 0 Å². The van der Waals surface area contributed by atoms with Crippen LogP contribution in [0.5, 0.6) is 0 Å². The van der Waals surface area contributed by atoms with Crippen molar-refractivity contribution in [1.82, 2.24) is 9.97 Å². The first-order valence-electron chi connectivity index (χ1n) is 4.52. The van der Waals surface area contributed by atoms with Crippen LogP contribution in [-0.4, -0.2) is 9.97 Å². The van der Waals surface area contributed by atoms with Crippen molar-refractivity contribution in [1.29, 1.82) is 0 Å². The number of rotatable bonds is 0. The second-order valence-corrected chi connectivity index (χ2v) is 3.80. The van der Waals surface area contributed by atoms with Crippen LogP contribution >= 0.6 is 0 Å². The highest BCUT2D eigenvalue weighted by Crippen LogP contribution is 2.39. The summed E-state index contributed by atoms with van der Waals surface area (Å²) in [5.74, 6) is 2.17. The van der Waals surface area contributed by atoms with Gasteiger partial charge in [-0.3, -0.25) is 0 Å². The summed E-state index contributed by atoms with van der Waals surface area (Å²) in [5.41, 5.74) is 2.63. The summed E-state index contributed by atoms with van der Waals surface area (Å²) in [6.07, 6.45) is 3.22. The fourth-order valence-corrected chi connectivity index (χ4v) is 2.04. The molecule has 0 saturated carbocycles. The average Bonchev–Trinajstić information content (AvgIpc) is 2.28. The van der Waals surface area contributed by atoms with E-state index in [2.05, 4.69) is 23.8 Å². The van der Waals surface area contributed by atoms with Gasteiger partial charge in [0, 0.05) is 6.20 Å². The van der Waals surface area contributed by atoms with E-state index in [4.69, 9.17) is 0 Å². The highest BCUT2D eigenvalue weighted by atomic mass is 14.9. The van der Waals surface area contributed by atoms with E-state index in [1.54, 1.807) is 0 Å². The Morgan fingerprint density at radius 2 is 2.08 bits per heavy atom. The van der Waals surface area contributed by atoms with Crippen molar-refractivity contribution in [2.75, 3.05) is 0 Å². The standard InChI is InChI=1S/C10H14N2/c1-6-4-7(2)10-9(6)5-11-8(3)12-10/h5-7H,4H2,1-3H3. The minimum absolute atomic E-state index is 0.622. The molecule has 0 amide bonds. The zero-order valence-electron chi connectivity index (χ0n) is 7.83. The summed E-state index contributed by atoms with van der Waals surface area (Å²) in [7, 11) is 0. The van der Waals surface area contributed by atoms with Gasteiger partial charge < -0.3 is 0 Å². The molecule has 0 fully saturated rings. The smallest absolute Gasteiger partial charge is 0.125 e. The minimum atomic E-state index is 0.622. The number of hydrogen-bond donors (Lipinski definition) is 0. The molecule has 2 atom stereocenters. The van der Waals surface area contributed by atoms with Crippen molar-refractivity contribution in [2.45, 2.75) is 39.0 Å². The normalized spacial score (nSPS) is 27.2. The Balaban J connectivity index is 2.53. The van der Waals surface area contributed by atoms with Crippen LogP contribution in [0.25, 0.3) is 0 Å². The average molecular weight is 162 g/mol. The van der Waals surface area contributed by atoms with Crippen molar-refractivity contribution < 1.29 is 0 Å². The van der Waals surface area contributed by atoms with Gasteiger partial charge in [0.05, 0.1) is 5.69 Å². The lowest BCUT2D eigenvalue weighted by molar-refractivity contribution is 0.654. The van der Waals surface area contributed by atoms with Crippen molar-refractivity contribution in [3.05, 3.63) is 23.3 Å². The number of nitrogens with zero attached hydrogens (tertiary/aromatic N) is 2. The van der Waals surface area contributed by atoms with Crippen molar-refractivity contribution in [3.63, 3.8) is 0 Å². The molecule has 1 heterocycles. The summed E-state index contributed by atoms with van der Waals surface area (Å²) >= 11 is 0. The summed E-state index contributed by atoms with van der Waals surface area (Å²) in [6, 6.07) is 0. The van der Waals surface area contributed by atoms with E-state index in [-0.39, 0.29) is 0 Å². The van der Waals surface area contributed by atoms with E-state index >= 15 is 0 Å². The number of aromatic nitrogens is 2. The Morgan fingerprint density at radius 3 is 2.83 bits per heavy atom. The van der Waals surface area contributed by atoms with E-state index < -0.39 is 0 Å². The molecule has 0 spiro atoms. The maximum absolute atomic E-state index is 4.47. The molecule has 0 aliphatic heterocycles. The van der Waals surface area contributed by atoms with Gasteiger partial charge in [-0.2, -0.15) is 0 Å².